The van der Waals surface area contributed by atoms with Crippen molar-refractivity contribution in [3.8, 4) is 5.75 Å². The normalized spacial score (nSPS) is 20.3. The van der Waals surface area contributed by atoms with Crippen LogP contribution in [-0.4, -0.2) is 36.0 Å². The molecule has 1 fully saturated rings. The minimum absolute atomic E-state index is 0.0360. The lowest BCUT2D eigenvalue weighted by molar-refractivity contribution is -0.136. The fourth-order valence-electron chi connectivity index (χ4n) is 3.41. The Hall–Kier alpha value is -2.33. The van der Waals surface area contributed by atoms with Crippen LogP contribution in [0.25, 0.3) is 0 Å². The topological polar surface area (TPSA) is 55.6 Å². The minimum atomic E-state index is 0.0360. The van der Waals surface area contributed by atoms with E-state index in [9.17, 15) is 4.79 Å². The van der Waals surface area contributed by atoms with Crippen molar-refractivity contribution in [1.29, 1.82) is 0 Å². The highest BCUT2D eigenvalue weighted by Crippen LogP contribution is 2.22. The number of likely N-dealkylation sites (tertiary alicyclic amines) is 1. The number of amides is 1. The lowest BCUT2D eigenvalue weighted by Gasteiger charge is -2.36. The number of carbonyl (C=O) groups is 1. The fourth-order valence-corrected chi connectivity index (χ4v) is 3.41. The second kappa shape index (κ2) is 8.17. The molecule has 0 aliphatic carbocycles. The first-order valence-corrected chi connectivity index (χ1v) is 8.93. The van der Waals surface area contributed by atoms with Crippen molar-refractivity contribution in [1.82, 2.24) is 4.90 Å². The van der Waals surface area contributed by atoms with Crippen molar-refractivity contribution in [2.45, 2.75) is 38.3 Å². The summed E-state index contributed by atoms with van der Waals surface area (Å²) < 4.78 is 5.88. The highest BCUT2D eigenvalue weighted by Gasteiger charge is 2.27. The van der Waals surface area contributed by atoms with Gasteiger partial charge < -0.3 is 15.4 Å². The molecule has 4 nitrogen and oxygen atoms in total. The van der Waals surface area contributed by atoms with Crippen LogP contribution in [-0.2, 0) is 11.2 Å². The van der Waals surface area contributed by atoms with Gasteiger partial charge >= 0.3 is 0 Å². The van der Waals surface area contributed by atoms with Gasteiger partial charge in [-0.2, -0.15) is 0 Å². The number of piperidine rings is 1. The van der Waals surface area contributed by atoms with Crippen LogP contribution in [0.4, 0.5) is 0 Å². The lowest BCUT2D eigenvalue weighted by Crippen LogP contribution is -2.49. The summed E-state index contributed by atoms with van der Waals surface area (Å²) in [5, 5.41) is 0. The van der Waals surface area contributed by atoms with Gasteiger partial charge in [0.1, 0.15) is 5.75 Å². The highest BCUT2D eigenvalue weighted by molar-refractivity contribution is 5.78. The van der Waals surface area contributed by atoms with Crippen LogP contribution >= 0.6 is 0 Å². The molecule has 1 aliphatic heterocycles. The maximum absolute atomic E-state index is 12.5. The number of ether oxygens (including phenoxy) is 1. The van der Waals surface area contributed by atoms with Crippen LogP contribution in [0.2, 0.25) is 0 Å². The van der Waals surface area contributed by atoms with Crippen LogP contribution in [0.1, 0.15) is 30.9 Å². The summed E-state index contributed by atoms with van der Waals surface area (Å²) >= 11 is 0. The van der Waals surface area contributed by atoms with Crippen LogP contribution in [0, 0.1) is 0 Å². The fraction of sp³-hybridized carbons (Fsp3) is 0.381. The molecule has 1 amide bonds. The third-order valence-electron chi connectivity index (χ3n) is 4.80. The van der Waals surface area contributed by atoms with E-state index in [1.807, 2.05) is 41.3 Å². The SMILES string of the molecule is C[C@H]1C[C@H](N)CCN1C(=O)COc1ccccc1Cc1ccccc1. The van der Waals surface area contributed by atoms with E-state index < -0.39 is 0 Å². The summed E-state index contributed by atoms with van der Waals surface area (Å²) in [6, 6.07) is 18.6. The predicted octanol–water partition coefficient (Wildman–Crippen LogP) is 2.99. The summed E-state index contributed by atoms with van der Waals surface area (Å²) in [7, 11) is 0. The van der Waals surface area contributed by atoms with Crippen molar-refractivity contribution >= 4 is 5.91 Å². The average molecular weight is 338 g/mol. The van der Waals surface area contributed by atoms with Gasteiger partial charge in [-0.05, 0) is 37.0 Å². The Morgan fingerprint density at radius 2 is 1.88 bits per heavy atom. The van der Waals surface area contributed by atoms with E-state index in [-0.39, 0.29) is 24.6 Å². The average Bonchev–Trinajstić information content (AvgIpc) is 2.61. The monoisotopic (exact) mass is 338 g/mol. The first-order valence-electron chi connectivity index (χ1n) is 8.93. The van der Waals surface area contributed by atoms with E-state index in [4.69, 9.17) is 10.5 Å². The molecular weight excluding hydrogens is 312 g/mol. The van der Waals surface area contributed by atoms with E-state index in [1.54, 1.807) is 0 Å². The third-order valence-corrected chi connectivity index (χ3v) is 4.80. The molecule has 2 atom stereocenters. The summed E-state index contributed by atoms with van der Waals surface area (Å²) in [5.74, 6) is 0.815. The summed E-state index contributed by atoms with van der Waals surface area (Å²) in [5.41, 5.74) is 8.29. The Balaban J connectivity index is 1.62. The number of nitrogens with two attached hydrogens (primary N) is 1. The predicted molar refractivity (Wildman–Crippen MR) is 99.6 cm³/mol. The highest BCUT2D eigenvalue weighted by atomic mass is 16.5. The van der Waals surface area contributed by atoms with E-state index in [0.717, 1.165) is 37.1 Å². The summed E-state index contributed by atoms with van der Waals surface area (Å²) in [4.78, 5) is 14.4. The molecule has 1 saturated heterocycles. The zero-order chi connectivity index (χ0) is 17.6. The minimum Gasteiger partial charge on any atom is -0.483 e. The molecule has 0 aromatic heterocycles. The van der Waals surface area contributed by atoms with Crippen LogP contribution < -0.4 is 10.5 Å². The third kappa shape index (κ3) is 4.60. The standard InChI is InChI=1S/C21H26N2O2/c1-16-13-19(22)11-12-23(16)21(24)15-25-20-10-6-5-9-18(20)14-17-7-3-2-4-8-17/h2-10,16,19H,11-15,22H2,1H3/t16-,19+/m0/s1. The van der Waals surface area contributed by atoms with Crippen molar-refractivity contribution in [3.63, 3.8) is 0 Å². The van der Waals surface area contributed by atoms with Crippen LogP contribution in [0.5, 0.6) is 5.75 Å². The van der Waals surface area contributed by atoms with E-state index in [2.05, 4.69) is 25.1 Å². The Labute approximate surface area is 149 Å². The molecule has 1 aliphatic rings. The maximum atomic E-state index is 12.5. The van der Waals surface area contributed by atoms with Gasteiger partial charge in [0.2, 0.25) is 0 Å². The van der Waals surface area contributed by atoms with Gasteiger partial charge in [-0.15, -0.1) is 0 Å². The molecule has 4 heteroatoms. The number of rotatable bonds is 5. The zero-order valence-corrected chi connectivity index (χ0v) is 14.7. The molecule has 2 aromatic rings. The van der Waals surface area contributed by atoms with Crippen molar-refractivity contribution in [3.05, 3.63) is 65.7 Å². The van der Waals surface area contributed by atoms with Crippen molar-refractivity contribution in [2.75, 3.05) is 13.2 Å². The molecule has 1 heterocycles. The Bertz CT molecular complexity index is 702. The summed E-state index contributed by atoms with van der Waals surface area (Å²) in [6.07, 6.45) is 2.51. The van der Waals surface area contributed by atoms with Gasteiger partial charge in [0.25, 0.3) is 5.91 Å². The number of benzene rings is 2. The molecule has 0 bridgehead atoms. The van der Waals surface area contributed by atoms with Gasteiger partial charge in [0, 0.05) is 25.0 Å². The van der Waals surface area contributed by atoms with Crippen LogP contribution in [0.3, 0.4) is 0 Å². The second-order valence-electron chi connectivity index (χ2n) is 6.78. The Morgan fingerprint density at radius 3 is 2.64 bits per heavy atom. The molecular formula is C21H26N2O2. The van der Waals surface area contributed by atoms with Crippen LogP contribution in [0.15, 0.2) is 54.6 Å². The summed E-state index contributed by atoms with van der Waals surface area (Å²) in [6.45, 7) is 2.85. The molecule has 2 aromatic carbocycles. The molecule has 25 heavy (non-hydrogen) atoms. The quantitative estimate of drug-likeness (QED) is 0.912. The van der Waals surface area contributed by atoms with Crippen molar-refractivity contribution in [2.24, 2.45) is 5.73 Å². The molecule has 132 valence electrons. The first-order chi connectivity index (χ1) is 12.1. The van der Waals surface area contributed by atoms with E-state index >= 15 is 0 Å². The number of hydrogen-bond acceptors (Lipinski definition) is 3. The number of hydrogen-bond donors (Lipinski definition) is 1. The van der Waals surface area contributed by atoms with E-state index in [1.165, 1.54) is 5.56 Å². The van der Waals surface area contributed by atoms with Gasteiger partial charge in [-0.3, -0.25) is 4.79 Å². The molecule has 0 radical (unpaired) electrons. The van der Waals surface area contributed by atoms with E-state index in [0.29, 0.717) is 0 Å². The van der Waals surface area contributed by atoms with Gasteiger partial charge in [0.15, 0.2) is 6.61 Å². The zero-order valence-electron chi connectivity index (χ0n) is 14.7. The number of carbonyl (C=O) groups excluding carboxylic acids is 1. The number of para-hydroxylation sites is 1. The lowest BCUT2D eigenvalue weighted by atomic mass is 9.99. The number of nitrogens with zero attached hydrogens (tertiary/aromatic N) is 1. The second-order valence-corrected chi connectivity index (χ2v) is 6.78. The molecule has 2 N–H and O–H groups in total. The van der Waals surface area contributed by atoms with Crippen molar-refractivity contribution < 1.29 is 9.53 Å². The molecule has 3 rings (SSSR count). The van der Waals surface area contributed by atoms with Gasteiger partial charge in [0.05, 0.1) is 0 Å². The largest absolute Gasteiger partial charge is 0.483 e. The van der Waals surface area contributed by atoms with Gasteiger partial charge in [-0.25, -0.2) is 0 Å². The Morgan fingerprint density at radius 1 is 1.16 bits per heavy atom. The Kier molecular flexibility index (Phi) is 5.71. The molecule has 0 unspecified atom stereocenters. The van der Waals surface area contributed by atoms with Gasteiger partial charge in [-0.1, -0.05) is 48.5 Å². The molecule has 0 saturated carbocycles. The molecule has 0 spiro atoms. The maximum Gasteiger partial charge on any atom is 0.260 e. The smallest absolute Gasteiger partial charge is 0.260 e. The first kappa shape index (κ1) is 17.5.